The first-order valence-electron chi connectivity index (χ1n) is 8.01. The van der Waals surface area contributed by atoms with Gasteiger partial charge in [-0.2, -0.15) is 0 Å². The van der Waals surface area contributed by atoms with Gasteiger partial charge in [-0.05, 0) is 25.5 Å². The summed E-state index contributed by atoms with van der Waals surface area (Å²) < 4.78 is 16.9. The Labute approximate surface area is 164 Å². The Balaban J connectivity index is 1.80. The summed E-state index contributed by atoms with van der Waals surface area (Å²) in [6.07, 6.45) is 3.61. The molecular weight excluding hydrogens is 393 g/mol. The number of aliphatic imine (C=N–C) groups is 1. The lowest BCUT2D eigenvalue weighted by molar-refractivity contribution is 0.102. The van der Waals surface area contributed by atoms with E-state index in [1.165, 1.54) is 24.0 Å². The van der Waals surface area contributed by atoms with E-state index in [9.17, 15) is 9.18 Å². The van der Waals surface area contributed by atoms with E-state index < -0.39 is 18.3 Å². The number of pyridine rings is 2. The summed E-state index contributed by atoms with van der Waals surface area (Å²) in [6.45, 7) is 0.948. The molecule has 1 aliphatic rings. The molecule has 7 nitrogen and oxygen atoms in total. The number of thioether (sulfide) groups is 1. The first-order chi connectivity index (χ1) is 12.9. The van der Waals surface area contributed by atoms with E-state index in [0.29, 0.717) is 16.5 Å². The topological polar surface area (TPSA) is 102 Å². The van der Waals surface area contributed by atoms with Gasteiger partial charge in [-0.15, -0.1) is 0 Å². The molecule has 27 heavy (non-hydrogen) atoms. The Kier molecular flexibility index (Phi) is 5.81. The average Bonchev–Trinajstić information content (AvgIpc) is 2.62. The quantitative estimate of drug-likeness (QED) is 0.785. The molecule has 0 fully saturated rings. The van der Waals surface area contributed by atoms with Gasteiger partial charge < -0.3 is 15.8 Å². The Bertz CT molecular complexity index is 897. The van der Waals surface area contributed by atoms with Crippen LogP contribution in [0.5, 0.6) is 5.75 Å². The van der Waals surface area contributed by atoms with Crippen molar-refractivity contribution in [3.05, 3.63) is 47.0 Å². The van der Waals surface area contributed by atoms with Crippen LogP contribution in [0.1, 0.15) is 29.5 Å². The predicted octanol–water partition coefficient (Wildman–Crippen LogP) is 3.35. The fraction of sp³-hybridized carbons (Fsp3) is 0.294. The SMILES string of the molecule is C[C@@]1(c2cc(NC(=O)c3ncc(OCF)cc3Cl)ccn2)CCSC(N)=N1. The lowest BCUT2D eigenvalue weighted by Crippen LogP contribution is -2.29. The summed E-state index contributed by atoms with van der Waals surface area (Å²) in [5.41, 5.74) is 6.54. The van der Waals surface area contributed by atoms with Crippen molar-refractivity contribution >= 4 is 40.1 Å². The lowest BCUT2D eigenvalue weighted by atomic mass is 9.94. The molecule has 142 valence electrons. The molecule has 1 atom stereocenters. The number of halogens is 2. The number of alkyl halides is 1. The molecule has 2 aromatic rings. The Hall–Kier alpha value is -2.39. The van der Waals surface area contributed by atoms with Gasteiger partial charge in [0.15, 0.2) is 5.17 Å². The number of carbonyl (C=O) groups excluding carboxylic acids is 1. The average molecular weight is 410 g/mol. The number of nitrogens with two attached hydrogens (primary N) is 1. The van der Waals surface area contributed by atoms with Crippen LogP contribution >= 0.6 is 23.4 Å². The van der Waals surface area contributed by atoms with Gasteiger partial charge in [0.05, 0.1) is 16.9 Å². The van der Waals surface area contributed by atoms with E-state index in [1.807, 2.05) is 6.92 Å². The minimum Gasteiger partial charge on any atom is -0.461 e. The summed E-state index contributed by atoms with van der Waals surface area (Å²) in [6, 6.07) is 4.74. The van der Waals surface area contributed by atoms with E-state index >= 15 is 0 Å². The molecule has 3 rings (SSSR count). The maximum Gasteiger partial charge on any atom is 0.275 e. The van der Waals surface area contributed by atoms with Crippen molar-refractivity contribution in [2.75, 3.05) is 17.9 Å². The van der Waals surface area contributed by atoms with Crippen LogP contribution in [0.3, 0.4) is 0 Å². The minimum atomic E-state index is -1.01. The molecule has 0 saturated carbocycles. The molecule has 0 saturated heterocycles. The highest BCUT2D eigenvalue weighted by atomic mass is 35.5. The zero-order chi connectivity index (χ0) is 19.4. The largest absolute Gasteiger partial charge is 0.461 e. The molecule has 3 N–H and O–H groups in total. The summed E-state index contributed by atoms with van der Waals surface area (Å²) in [4.78, 5) is 25.3. The second-order valence-corrected chi connectivity index (χ2v) is 7.48. The van der Waals surface area contributed by atoms with Crippen molar-refractivity contribution in [1.82, 2.24) is 9.97 Å². The molecule has 3 heterocycles. The second kappa shape index (κ2) is 8.10. The first-order valence-corrected chi connectivity index (χ1v) is 9.38. The zero-order valence-electron chi connectivity index (χ0n) is 14.4. The van der Waals surface area contributed by atoms with Crippen molar-refractivity contribution in [2.45, 2.75) is 18.9 Å². The summed E-state index contributed by atoms with van der Waals surface area (Å²) >= 11 is 7.55. The van der Waals surface area contributed by atoms with E-state index in [-0.39, 0.29) is 16.5 Å². The lowest BCUT2D eigenvalue weighted by Gasteiger charge is -2.28. The van der Waals surface area contributed by atoms with Gasteiger partial charge in [-0.25, -0.2) is 14.4 Å². The minimum absolute atomic E-state index is 0.00350. The van der Waals surface area contributed by atoms with Crippen molar-refractivity contribution < 1.29 is 13.9 Å². The normalized spacial score (nSPS) is 19.3. The van der Waals surface area contributed by atoms with Crippen LogP contribution in [0.25, 0.3) is 0 Å². The standard InChI is InChI=1S/C17H17ClFN5O2S/c1-17(3-5-27-16(20)24-17)13-6-10(2-4-21-13)23-15(25)14-12(18)7-11(8-22-14)26-9-19/h2,4,6-8H,3,5,9H2,1H3,(H2,20,24)(H,21,23,25)/t17-/m0/s1. The van der Waals surface area contributed by atoms with Gasteiger partial charge in [-0.3, -0.25) is 9.78 Å². The third-order valence-electron chi connectivity index (χ3n) is 4.02. The molecular formula is C17H17ClFN5O2S. The van der Waals surface area contributed by atoms with Gasteiger partial charge in [0, 0.05) is 23.7 Å². The van der Waals surface area contributed by atoms with Crippen LogP contribution in [0.4, 0.5) is 10.1 Å². The zero-order valence-corrected chi connectivity index (χ0v) is 16.0. The highest BCUT2D eigenvalue weighted by molar-refractivity contribution is 8.13. The first kappa shape index (κ1) is 19.4. The summed E-state index contributed by atoms with van der Waals surface area (Å²) in [5, 5.41) is 3.31. The number of nitrogens with one attached hydrogen (secondary N) is 1. The number of rotatable bonds is 5. The highest BCUT2D eigenvalue weighted by Crippen LogP contribution is 2.34. The Morgan fingerprint density at radius 2 is 2.30 bits per heavy atom. The Morgan fingerprint density at radius 3 is 3.00 bits per heavy atom. The number of amides is 1. The monoisotopic (exact) mass is 409 g/mol. The van der Waals surface area contributed by atoms with E-state index in [4.69, 9.17) is 17.3 Å². The molecule has 0 aliphatic carbocycles. The van der Waals surface area contributed by atoms with Crippen LogP contribution in [0.15, 0.2) is 35.6 Å². The number of nitrogens with zero attached hydrogens (tertiary/aromatic N) is 3. The van der Waals surface area contributed by atoms with Gasteiger partial charge in [0.1, 0.15) is 17.0 Å². The van der Waals surface area contributed by atoms with Crippen LogP contribution < -0.4 is 15.8 Å². The molecule has 10 heteroatoms. The molecule has 0 radical (unpaired) electrons. The molecule has 1 amide bonds. The number of ether oxygens (including phenoxy) is 1. The van der Waals surface area contributed by atoms with E-state index in [0.717, 1.165) is 12.2 Å². The van der Waals surface area contributed by atoms with Crippen LogP contribution in [0, 0.1) is 0 Å². The number of aromatic nitrogens is 2. The maximum atomic E-state index is 12.5. The molecule has 0 bridgehead atoms. The van der Waals surface area contributed by atoms with Crippen LogP contribution in [0.2, 0.25) is 5.02 Å². The third-order valence-corrected chi connectivity index (χ3v) is 5.10. The summed E-state index contributed by atoms with van der Waals surface area (Å²) in [7, 11) is 0. The third kappa shape index (κ3) is 4.48. The van der Waals surface area contributed by atoms with Crippen LogP contribution in [-0.2, 0) is 5.54 Å². The summed E-state index contributed by atoms with van der Waals surface area (Å²) in [5.74, 6) is 0.483. The number of anilines is 1. The number of hydrogen-bond acceptors (Lipinski definition) is 7. The maximum absolute atomic E-state index is 12.5. The molecule has 0 aromatic carbocycles. The van der Waals surface area contributed by atoms with E-state index in [2.05, 4.69) is 25.0 Å². The van der Waals surface area contributed by atoms with Gasteiger partial charge in [0.25, 0.3) is 5.91 Å². The fourth-order valence-corrected chi connectivity index (χ4v) is 3.81. The Morgan fingerprint density at radius 1 is 1.48 bits per heavy atom. The number of hydrogen-bond donors (Lipinski definition) is 2. The van der Waals surface area contributed by atoms with Gasteiger partial charge in [-0.1, -0.05) is 23.4 Å². The predicted molar refractivity (Wildman–Crippen MR) is 104 cm³/mol. The molecule has 2 aromatic heterocycles. The smallest absolute Gasteiger partial charge is 0.275 e. The van der Waals surface area contributed by atoms with Crippen LogP contribution in [-0.4, -0.2) is 33.7 Å². The number of carbonyl (C=O) groups is 1. The van der Waals surface area contributed by atoms with E-state index in [1.54, 1.807) is 18.3 Å². The fourth-order valence-electron chi connectivity index (χ4n) is 2.59. The van der Waals surface area contributed by atoms with Crippen molar-refractivity contribution in [1.29, 1.82) is 0 Å². The van der Waals surface area contributed by atoms with Gasteiger partial charge in [0.2, 0.25) is 6.86 Å². The molecule has 1 aliphatic heterocycles. The van der Waals surface area contributed by atoms with Crippen molar-refractivity contribution in [2.24, 2.45) is 10.7 Å². The second-order valence-electron chi connectivity index (χ2n) is 5.96. The van der Waals surface area contributed by atoms with Crippen molar-refractivity contribution in [3.8, 4) is 5.75 Å². The molecule has 0 unspecified atom stereocenters. The highest BCUT2D eigenvalue weighted by Gasteiger charge is 2.31. The molecule has 0 spiro atoms. The van der Waals surface area contributed by atoms with Crippen molar-refractivity contribution in [3.63, 3.8) is 0 Å². The van der Waals surface area contributed by atoms with Gasteiger partial charge >= 0.3 is 0 Å². The number of amidine groups is 1.